The molecule has 1 aromatic carbocycles. The minimum Gasteiger partial charge on any atom is -0.354 e. The van der Waals surface area contributed by atoms with E-state index in [0.29, 0.717) is 16.6 Å². The van der Waals surface area contributed by atoms with Gasteiger partial charge in [-0.1, -0.05) is 29.3 Å². The Hall–Kier alpha value is -0.770. The van der Waals surface area contributed by atoms with Crippen molar-refractivity contribution in [3.05, 3.63) is 33.8 Å². The molecule has 2 N–H and O–H groups in total. The fraction of sp³-hybridized carbons (Fsp3) is 0.417. The van der Waals surface area contributed by atoms with Gasteiger partial charge >= 0.3 is 0 Å². The molecule has 0 aliphatic rings. The molecule has 0 spiro atoms. The molecule has 17 heavy (non-hydrogen) atoms. The van der Waals surface area contributed by atoms with Crippen LogP contribution in [0, 0.1) is 0 Å². The summed E-state index contributed by atoms with van der Waals surface area (Å²) < 4.78 is 0. The lowest BCUT2D eigenvalue weighted by Gasteiger charge is -2.20. The lowest BCUT2D eigenvalue weighted by Crippen LogP contribution is -3.12. The predicted molar refractivity (Wildman–Crippen MR) is 70.6 cm³/mol. The number of hydrogen-bond acceptors (Lipinski definition) is 1. The first kappa shape index (κ1) is 14.3. The Labute approximate surface area is 112 Å². The van der Waals surface area contributed by atoms with Gasteiger partial charge in [-0.15, -0.1) is 0 Å². The van der Waals surface area contributed by atoms with Crippen molar-refractivity contribution in [1.82, 2.24) is 5.32 Å². The van der Waals surface area contributed by atoms with Gasteiger partial charge in [-0.05, 0) is 19.1 Å². The molecule has 3 nitrogen and oxygen atoms in total. The highest BCUT2D eigenvalue weighted by Crippen LogP contribution is 2.20. The largest absolute Gasteiger partial charge is 0.354 e. The van der Waals surface area contributed by atoms with E-state index in [1.54, 1.807) is 19.2 Å². The Morgan fingerprint density at radius 3 is 2.65 bits per heavy atom. The Balaban J connectivity index is 2.74. The minimum atomic E-state index is -0.119. The number of nitrogens with one attached hydrogen (secondary N) is 2. The van der Waals surface area contributed by atoms with Crippen molar-refractivity contribution in [3.8, 4) is 0 Å². The molecule has 0 aliphatic carbocycles. The molecule has 0 radical (unpaired) electrons. The average Bonchev–Trinajstić information content (AvgIpc) is 2.30. The van der Waals surface area contributed by atoms with E-state index in [-0.39, 0.29) is 11.9 Å². The zero-order valence-electron chi connectivity index (χ0n) is 10.2. The second kappa shape index (κ2) is 6.24. The molecule has 1 aromatic rings. The number of amides is 1. The number of likely N-dealkylation sites (N-methyl/N-ethyl adjacent to an activating group) is 2. The number of quaternary nitrogens is 1. The van der Waals surface area contributed by atoms with Crippen molar-refractivity contribution in [2.45, 2.75) is 19.5 Å². The summed E-state index contributed by atoms with van der Waals surface area (Å²) >= 11 is 11.9. The molecule has 94 valence electrons. The molecule has 1 unspecified atom stereocenters. The van der Waals surface area contributed by atoms with Crippen LogP contribution in [0.1, 0.15) is 12.5 Å². The van der Waals surface area contributed by atoms with Gasteiger partial charge in [0.1, 0.15) is 6.54 Å². The summed E-state index contributed by atoms with van der Waals surface area (Å²) in [5.41, 5.74) is 0.990. The first-order valence-electron chi connectivity index (χ1n) is 5.43. The van der Waals surface area contributed by atoms with Gasteiger partial charge in [0.2, 0.25) is 0 Å². The minimum absolute atomic E-state index is 0.0209. The summed E-state index contributed by atoms with van der Waals surface area (Å²) in [6, 6.07) is 5.30. The quantitative estimate of drug-likeness (QED) is 0.849. The van der Waals surface area contributed by atoms with E-state index in [1.807, 2.05) is 20.0 Å². The fourth-order valence-electron chi connectivity index (χ4n) is 1.56. The number of rotatable bonds is 4. The summed E-state index contributed by atoms with van der Waals surface area (Å²) in [5, 5.41) is 3.90. The molecule has 0 saturated carbocycles. The smallest absolute Gasteiger partial charge is 0.277 e. The number of halogens is 2. The molecular weight excluding hydrogens is 259 g/mol. The zero-order chi connectivity index (χ0) is 13.0. The molecule has 1 amide bonds. The van der Waals surface area contributed by atoms with Gasteiger partial charge in [0.05, 0.1) is 12.1 Å². The summed E-state index contributed by atoms with van der Waals surface area (Å²) in [4.78, 5) is 12.6. The highest BCUT2D eigenvalue weighted by molar-refractivity contribution is 6.35. The highest BCUT2D eigenvalue weighted by Gasteiger charge is 2.21. The average molecular weight is 276 g/mol. The van der Waals surface area contributed by atoms with E-state index in [1.165, 1.54) is 0 Å². The fourth-order valence-corrected chi connectivity index (χ4v) is 2.03. The van der Waals surface area contributed by atoms with E-state index in [0.717, 1.165) is 10.5 Å². The maximum atomic E-state index is 11.5. The second-order valence-corrected chi connectivity index (χ2v) is 4.94. The Morgan fingerprint density at radius 2 is 2.12 bits per heavy atom. The van der Waals surface area contributed by atoms with Gasteiger partial charge in [-0.25, -0.2) is 0 Å². The number of hydrogen-bond donors (Lipinski definition) is 2. The topological polar surface area (TPSA) is 33.5 Å². The number of carbonyl (C=O) groups excluding carboxylic acids is 1. The second-order valence-electron chi connectivity index (χ2n) is 4.09. The van der Waals surface area contributed by atoms with E-state index in [4.69, 9.17) is 23.2 Å². The molecular formula is C12H17Cl2N2O+. The molecule has 5 heteroatoms. The van der Waals surface area contributed by atoms with Gasteiger partial charge in [-0.3, -0.25) is 4.79 Å². The van der Waals surface area contributed by atoms with E-state index in [2.05, 4.69) is 5.32 Å². The van der Waals surface area contributed by atoms with Gasteiger partial charge in [0, 0.05) is 17.6 Å². The van der Waals surface area contributed by atoms with Crippen LogP contribution in [0.3, 0.4) is 0 Å². The molecule has 0 heterocycles. The van der Waals surface area contributed by atoms with Crippen molar-refractivity contribution in [2.75, 3.05) is 14.1 Å². The lowest BCUT2D eigenvalue weighted by atomic mass is 10.2. The molecule has 0 saturated heterocycles. The van der Waals surface area contributed by atoms with Crippen molar-refractivity contribution in [3.63, 3.8) is 0 Å². The van der Waals surface area contributed by atoms with Crippen molar-refractivity contribution in [2.24, 2.45) is 0 Å². The van der Waals surface area contributed by atoms with Crippen LogP contribution in [0.5, 0.6) is 0 Å². The SMILES string of the molecule is CNC(=O)[C@@H](C)[NH+](C)Cc1ccc(Cl)cc1Cl. The third kappa shape index (κ3) is 3.87. The zero-order valence-corrected chi connectivity index (χ0v) is 11.7. The van der Waals surface area contributed by atoms with Gasteiger partial charge in [0.15, 0.2) is 6.04 Å². The summed E-state index contributed by atoms with van der Waals surface area (Å²) in [5.74, 6) is 0.0209. The summed E-state index contributed by atoms with van der Waals surface area (Å²) in [7, 11) is 3.60. The Morgan fingerprint density at radius 1 is 1.47 bits per heavy atom. The third-order valence-corrected chi connectivity index (χ3v) is 3.45. The van der Waals surface area contributed by atoms with Crippen molar-refractivity contribution in [1.29, 1.82) is 0 Å². The van der Waals surface area contributed by atoms with Crippen LogP contribution in [-0.4, -0.2) is 26.0 Å². The van der Waals surface area contributed by atoms with Crippen LogP contribution in [0.15, 0.2) is 18.2 Å². The number of carbonyl (C=O) groups is 1. The van der Waals surface area contributed by atoms with Crippen molar-refractivity contribution >= 4 is 29.1 Å². The van der Waals surface area contributed by atoms with Crippen LogP contribution < -0.4 is 10.2 Å². The maximum absolute atomic E-state index is 11.5. The molecule has 2 atom stereocenters. The van der Waals surface area contributed by atoms with Gasteiger partial charge in [-0.2, -0.15) is 0 Å². The maximum Gasteiger partial charge on any atom is 0.277 e. The molecule has 0 aromatic heterocycles. The van der Waals surface area contributed by atoms with Crippen molar-refractivity contribution < 1.29 is 9.69 Å². The summed E-state index contributed by atoms with van der Waals surface area (Å²) in [6.45, 7) is 2.57. The van der Waals surface area contributed by atoms with E-state index >= 15 is 0 Å². The standard InChI is InChI=1S/C12H16Cl2N2O/c1-8(12(17)15-2)16(3)7-9-4-5-10(13)6-11(9)14/h4-6,8H,7H2,1-3H3,(H,15,17)/p+1/t8-/m1/s1. The monoisotopic (exact) mass is 275 g/mol. The number of benzene rings is 1. The van der Waals surface area contributed by atoms with Crippen LogP contribution in [0.25, 0.3) is 0 Å². The predicted octanol–water partition coefficient (Wildman–Crippen LogP) is 1.14. The molecule has 0 fully saturated rings. The molecule has 0 aliphatic heterocycles. The van der Waals surface area contributed by atoms with Crippen LogP contribution >= 0.6 is 23.2 Å². The highest BCUT2D eigenvalue weighted by atomic mass is 35.5. The van der Waals surface area contributed by atoms with E-state index < -0.39 is 0 Å². The van der Waals surface area contributed by atoms with E-state index in [9.17, 15) is 4.79 Å². The Bertz CT molecular complexity index is 409. The first-order chi connectivity index (χ1) is 7.95. The van der Waals surface area contributed by atoms with Crippen LogP contribution in [0.2, 0.25) is 10.0 Å². The van der Waals surface area contributed by atoms with Gasteiger partial charge in [0.25, 0.3) is 5.91 Å². The Kier molecular flexibility index (Phi) is 5.25. The third-order valence-electron chi connectivity index (χ3n) is 2.86. The van der Waals surface area contributed by atoms with Gasteiger partial charge < -0.3 is 10.2 Å². The van der Waals surface area contributed by atoms with Crippen LogP contribution in [-0.2, 0) is 11.3 Å². The normalized spacial score (nSPS) is 14.2. The summed E-state index contributed by atoms with van der Waals surface area (Å²) in [6.07, 6.45) is 0. The lowest BCUT2D eigenvalue weighted by molar-refractivity contribution is -0.908. The molecule has 1 rings (SSSR count). The first-order valence-corrected chi connectivity index (χ1v) is 6.19. The van der Waals surface area contributed by atoms with Crippen LogP contribution in [0.4, 0.5) is 0 Å². The molecule has 0 bridgehead atoms.